The molecule has 0 saturated heterocycles. The van der Waals surface area contributed by atoms with Crippen LogP contribution in [-0.2, 0) is 5.41 Å². The summed E-state index contributed by atoms with van der Waals surface area (Å²) in [6.07, 6.45) is 2.25. The van der Waals surface area contributed by atoms with Crippen molar-refractivity contribution in [1.82, 2.24) is 0 Å². The van der Waals surface area contributed by atoms with E-state index in [4.69, 9.17) is 0 Å². The Hall–Kier alpha value is -2.88. The van der Waals surface area contributed by atoms with E-state index in [1.54, 1.807) is 7.05 Å². The van der Waals surface area contributed by atoms with Gasteiger partial charge < -0.3 is 0 Å². The zero-order valence-corrected chi connectivity index (χ0v) is 17.4. The van der Waals surface area contributed by atoms with Crippen molar-refractivity contribution < 1.29 is 0 Å². The number of fused-ring (bicyclic) bond motifs is 1. The van der Waals surface area contributed by atoms with E-state index in [9.17, 15) is 0 Å². The molecule has 0 aliphatic carbocycles. The minimum atomic E-state index is 0.208. The second kappa shape index (κ2) is 8.42. The van der Waals surface area contributed by atoms with Gasteiger partial charge in [-0.3, -0.25) is 0 Å². The average molecular weight is 373 g/mol. The molecule has 3 rings (SSSR count). The normalized spacial score (nSPS) is 12.5. The van der Waals surface area contributed by atoms with E-state index in [2.05, 4.69) is 66.4 Å². The van der Waals surface area contributed by atoms with Crippen LogP contribution in [0.5, 0.6) is 0 Å². The number of azo groups is 2. The smallest absolute Gasteiger partial charge is 0.0936 e. The van der Waals surface area contributed by atoms with Crippen molar-refractivity contribution >= 4 is 27.8 Å². The molecule has 0 amide bonds. The van der Waals surface area contributed by atoms with Crippen LogP contribution in [0, 0.1) is 6.92 Å². The Bertz CT molecular complexity index is 1030. The monoisotopic (exact) mass is 372 g/mol. The van der Waals surface area contributed by atoms with Crippen LogP contribution in [0.3, 0.4) is 0 Å². The van der Waals surface area contributed by atoms with Gasteiger partial charge >= 0.3 is 0 Å². The van der Waals surface area contributed by atoms with E-state index in [0.717, 1.165) is 40.7 Å². The second-order valence-corrected chi connectivity index (χ2v) is 7.42. The Morgan fingerprint density at radius 3 is 1.93 bits per heavy atom. The van der Waals surface area contributed by atoms with Crippen LogP contribution in [-0.4, -0.2) is 7.05 Å². The number of benzene rings is 3. The van der Waals surface area contributed by atoms with Gasteiger partial charge in [-0.2, -0.15) is 15.3 Å². The molecule has 0 heterocycles. The first-order chi connectivity index (χ1) is 13.5. The predicted molar refractivity (Wildman–Crippen MR) is 118 cm³/mol. The molecule has 0 bridgehead atoms. The van der Waals surface area contributed by atoms with Crippen LogP contribution in [0.2, 0.25) is 0 Å². The molecular weight excluding hydrogens is 344 g/mol. The molecule has 3 aromatic carbocycles. The summed E-state index contributed by atoms with van der Waals surface area (Å²) in [6.45, 7) is 9.00. The number of nitrogens with zero attached hydrogens (tertiary/aromatic N) is 4. The molecule has 144 valence electrons. The third kappa shape index (κ3) is 3.86. The Morgan fingerprint density at radius 2 is 1.39 bits per heavy atom. The topological polar surface area (TPSA) is 49.4 Å². The number of aryl methyl sites for hydroxylation is 1. The van der Waals surface area contributed by atoms with Gasteiger partial charge in [-0.1, -0.05) is 51.1 Å². The largest absolute Gasteiger partial charge is 0.192 e. The summed E-state index contributed by atoms with van der Waals surface area (Å²) < 4.78 is 0. The second-order valence-electron chi connectivity index (χ2n) is 7.42. The van der Waals surface area contributed by atoms with E-state index in [-0.39, 0.29) is 5.41 Å². The number of rotatable bonds is 6. The van der Waals surface area contributed by atoms with Crippen LogP contribution >= 0.6 is 0 Å². The van der Waals surface area contributed by atoms with E-state index >= 15 is 0 Å². The first kappa shape index (κ1) is 19.9. The van der Waals surface area contributed by atoms with Gasteiger partial charge in [0.25, 0.3) is 0 Å². The van der Waals surface area contributed by atoms with Crippen molar-refractivity contribution in [2.75, 3.05) is 7.05 Å². The van der Waals surface area contributed by atoms with E-state index in [0.29, 0.717) is 0 Å². The van der Waals surface area contributed by atoms with Gasteiger partial charge in [-0.15, -0.1) is 5.11 Å². The third-order valence-electron chi connectivity index (χ3n) is 5.78. The molecule has 0 aliphatic heterocycles. The fourth-order valence-electron chi connectivity index (χ4n) is 3.68. The molecule has 0 N–H and O–H groups in total. The summed E-state index contributed by atoms with van der Waals surface area (Å²) >= 11 is 0. The maximum Gasteiger partial charge on any atom is 0.0936 e. The molecule has 0 unspecified atom stereocenters. The van der Waals surface area contributed by atoms with E-state index < -0.39 is 0 Å². The summed E-state index contributed by atoms with van der Waals surface area (Å²) in [7, 11) is 1.68. The Morgan fingerprint density at radius 1 is 0.786 bits per heavy atom. The molecule has 4 heteroatoms. The molecule has 0 spiro atoms. The fraction of sp³-hybridized carbons (Fsp3) is 0.333. The Labute approximate surface area is 167 Å². The quantitative estimate of drug-likeness (QED) is 0.390. The highest BCUT2D eigenvalue weighted by atomic mass is 15.1. The van der Waals surface area contributed by atoms with Gasteiger partial charge in [-0.05, 0) is 60.6 Å². The van der Waals surface area contributed by atoms with Crippen molar-refractivity contribution in [2.45, 2.75) is 46.0 Å². The van der Waals surface area contributed by atoms with Crippen molar-refractivity contribution in [1.29, 1.82) is 0 Å². The summed E-state index contributed by atoms with van der Waals surface area (Å²) in [4.78, 5) is 0. The van der Waals surface area contributed by atoms with Crippen molar-refractivity contribution in [3.8, 4) is 0 Å². The van der Waals surface area contributed by atoms with Crippen LogP contribution in [0.25, 0.3) is 10.8 Å². The van der Waals surface area contributed by atoms with Crippen LogP contribution in [0.1, 0.15) is 44.7 Å². The van der Waals surface area contributed by atoms with Gasteiger partial charge in [-0.25, -0.2) is 0 Å². The molecule has 0 atom stereocenters. The van der Waals surface area contributed by atoms with Crippen molar-refractivity contribution in [3.63, 3.8) is 0 Å². The molecule has 3 aromatic rings. The third-order valence-corrected chi connectivity index (χ3v) is 5.78. The molecule has 28 heavy (non-hydrogen) atoms. The van der Waals surface area contributed by atoms with Gasteiger partial charge in [0, 0.05) is 17.8 Å². The van der Waals surface area contributed by atoms with Gasteiger partial charge in [0.15, 0.2) is 0 Å². The molecule has 0 saturated carbocycles. The van der Waals surface area contributed by atoms with Crippen LogP contribution < -0.4 is 0 Å². The fourth-order valence-corrected chi connectivity index (χ4v) is 3.68. The van der Waals surface area contributed by atoms with Crippen LogP contribution in [0.4, 0.5) is 17.1 Å². The lowest BCUT2D eigenvalue weighted by atomic mass is 9.76. The first-order valence-electron chi connectivity index (χ1n) is 9.87. The zero-order chi connectivity index (χ0) is 20.1. The Balaban J connectivity index is 1.97. The van der Waals surface area contributed by atoms with E-state index in [1.807, 2.05) is 36.4 Å². The minimum absolute atomic E-state index is 0.208. The van der Waals surface area contributed by atoms with Gasteiger partial charge in [0.05, 0.1) is 17.1 Å². The number of hydrogen-bond acceptors (Lipinski definition) is 4. The lowest BCUT2D eigenvalue weighted by molar-refractivity contribution is 0.436. The van der Waals surface area contributed by atoms with Crippen molar-refractivity contribution in [2.24, 2.45) is 20.5 Å². The summed E-state index contributed by atoms with van der Waals surface area (Å²) in [5.74, 6) is 0. The Kier molecular flexibility index (Phi) is 5.98. The van der Waals surface area contributed by atoms with Crippen molar-refractivity contribution in [3.05, 3.63) is 65.7 Å². The molecular formula is C24H28N4. The SMILES string of the molecule is CCC(C)(CC)c1ccc(N=Nc2ccc(N=NC)c3ccccc23)cc1C. The molecule has 0 aromatic heterocycles. The van der Waals surface area contributed by atoms with Gasteiger partial charge in [0.1, 0.15) is 0 Å². The lowest BCUT2D eigenvalue weighted by Gasteiger charge is -2.29. The first-order valence-corrected chi connectivity index (χ1v) is 9.87. The molecule has 0 fully saturated rings. The predicted octanol–water partition coefficient (Wildman–Crippen LogP) is 8.35. The summed E-state index contributed by atoms with van der Waals surface area (Å²) in [6, 6.07) is 18.4. The van der Waals surface area contributed by atoms with Gasteiger partial charge in [0.2, 0.25) is 0 Å². The highest BCUT2D eigenvalue weighted by molar-refractivity contribution is 5.99. The standard InChI is InChI=1S/C24H28N4/c1-6-24(4,7-2)21-13-12-18(16-17(21)3)26-28-23-15-14-22(27-25-5)19-10-8-9-11-20(19)23/h8-16H,6-7H2,1-5H3. The minimum Gasteiger partial charge on any atom is -0.192 e. The summed E-state index contributed by atoms with van der Waals surface area (Å²) in [5.41, 5.74) is 5.43. The van der Waals surface area contributed by atoms with Crippen LogP contribution in [0.15, 0.2) is 75.1 Å². The highest BCUT2D eigenvalue weighted by Gasteiger charge is 2.23. The molecule has 4 nitrogen and oxygen atoms in total. The zero-order valence-electron chi connectivity index (χ0n) is 17.4. The highest BCUT2D eigenvalue weighted by Crippen LogP contribution is 2.36. The summed E-state index contributed by atoms with van der Waals surface area (Å²) in [5, 5.41) is 19.2. The van der Waals surface area contributed by atoms with E-state index in [1.165, 1.54) is 11.1 Å². The maximum absolute atomic E-state index is 4.53. The number of hydrogen-bond donors (Lipinski definition) is 0. The molecule has 0 radical (unpaired) electrons. The maximum atomic E-state index is 4.53. The lowest BCUT2D eigenvalue weighted by Crippen LogP contribution is -2.20. The molecule has 0 aliphatic rings. The average Bonchev–Trinajstić information content (AvgIpc) is 2.73.